The summed E-state index contributed by atoms with van der Waals surface area (Å²) in [5.74, 6) is 0. The molecule has 0 aliphatic carbocycles. The number of alkyl halides is 3. The largest absolute Gasteiger partial charge is 0.391 e. The molecule has 0 radical (unpaired) electrons. The Kier molecular flexibility index (Phi) is 5.24. The average molecular weight is 185 g/mol. The van der Waals surface area contributed by atoms with Crippen LogP contribution in [0, 0.1) is 0 Å². The molecule has 0 aromatic carbocycles. The molecule has 0 aromatic heterocycles. The Morgan fingerprint density at radius 3 is 2.42 bits per heavy atom. The van der Waals surface area contributed by atoms with E-state index < -0.39 is 12.6 Å². The van der Waals surface area contributed by atoms with Gasteiger partial charge in [-0.1, -0.05) is 0 Å². The zero-order chi connectivity index (χ0) is 9.61. The van der Waals surface area contributed by atoms with Crippen molar-refractivity contribution in [2.24, 2.45) is 0 Å². The molecule has 0 bridgehead atoms. The first-order valence-corrected chi connectivity index (χ1v) is 3.78. The summed E-state index contributed by atoms with van der Waals surface area (Å²) in [6.07, 6.45) is -5.15. The number of nitrogens with one attached hydrogen (secondary N) is 1. The van der Waals surface area contributed by atoms with Gasteiger partial charge in [-0.3, -0.25) is 0 Å². The number of ether oxygens (including phenoxy) is 1. The van der Waals surface area contributed by atoms with Crippen LogP contribution >= 0.6 is 0 Å². The molecule has 0 aliphatic rings. The van der Waals surface area contributed by atoms with Gasteiger partial charge in [0.2, 0.25) is 0 Å². The molecule has 0 saturated heterocycles. The fourth-order valence-corrected chi connectivity index (χ4v) is 0.722. The number of hydrogen-bond acceptors (Lipinski definition) is 2. The molecule has 74 valence electrons. The van der Waals surface area contributed by atoms with E-state index in [1.165, 1.54) is 0 Å². The van der Waals surface area contributed by atoms with Crippen molar-refractivity contribution in [1.29, 1.82) is 0 Å². The molecule has 0 aliphatic heterocycles. The van der Waals surface area contributed by atoms with Crippen LogP contribution in [0.2, 0.25) is 0 Å². The first-order valence-electron chi connectivity index (χ1n) is 3.78. The second-order valence-corrected chi connectivity index (χ2v) is 2.60. The molecule has 2 nitrogen and oxygen atoms in total. The first-order chi connectivity index (χ1) is 5.45. The van der Waals surface area contributed by atoms with Gasteiger partial charge in [0.1, 0.15) is 0 Å². The molecule has 0 spiro atoms. The minimum absolute atomic E-state index is 0.169. The summed E-state index contributed by atoms with van der Waals surface area (Å²) in [6.45, 7) is 2.04. The summed E-state index contributed by atoms with van der Waals surface area (Å²) in [7, 11) is 1.73. The first kappa shape index (κ1) is 11.7. The summed E-state index contributed by atoms with van der Waals surface area (Å²) in [5.41, 5.74) is 0. The van der Waals surface area contributed by atoms with Crippen molar-refractivity contribution in [2.75, 3.05) is 20.2 Å². The third-order valence-electron chi connectivity index (χ3n) is 1.28. The van der Waals surface area contributed by atoms with Crippen LogP contribution in [0.15, 0.2) is 0 Å². The Morgan fingerprint density at radius 2 is 2.00 bits per heavy atom. The average Bonchev–Trinajstić information content (AvgIpc) is 1.84. The zero-order valence-electron chi connectivity index (χ0n) is 7.24. The van der Waals surface area contributed by atoms with Gasteiger partial charge in [0.15, 0.2) is 0 Å². The van der Waals surface area contributed by atoms with E-state index in [2.05, 4.69) is 5.32 Å². The van der Waals surface area contributed by atoms with Gasteiger partial charge < -0.3 is 10.1 Å². The van der Waals surface area contributed by atoms with Gasteiger partial charge in [-0.2, -0.15) is 13.2 Å². The minimum Gasteiger partial charge on any atom is -0.377 e. The number of hydrogen-bond donors (Lipinski definition) is 1. The van der Waals surface area contributed by atoms with Gasteiger partial charge in [0.05, 0.1) is 19.1 Å². The van der Waals surface area contributed by atoms with Gasteiger partial charge >= 0.3 is 6.18 Å². The molecule has 0 rings (SSSR count). The molecule has 0 fully saturated rings. The summed E-state index contributed by atoms with van der Waals surface area (Å²) < 4.78 is 39.7. The van der Waals surface area contributed by atoms with Crippen LogP contribution in [0.1, 0.15) is 13.3 Å². The van der Waals surface area contributed by atoms with E-state index in [0.29, 0.717) is 6.54 Å². The standard InChI is InChI=1S/C7H14F3NO/c1-6(5-11-2)12-4-3-7(8,9)10/h6,11H,3-5H2,1-2H3. The lowest BCUT2D eigenvalue weighted by molar-refractivity contribution is -0.148. The van der Waals surface area contributed by atoms with Gasteiger partial charge in [0, 0.05) is 6.54 Å². The molecule has 5 heteroatoms. The maximum absolute atomic E-state index is 11.6. The van der Waals surface area contributed by atoms with Crippen LogP contribution in [0.25, 0.3) is 0 Å². The highest BCUT2D eigenvalue weighted by atomic mass is 19.4. The normalized spacial score (nSPS) is 14.8. The Morgan fingerprint density at radius 1 is 1.42 bits per heavy atom. The lowest BCUT2D eigenvalue weighted by Gasteiger charge is -2.13. The van der Waals surface area contributed by atoms with E-state index in [1.807, 2.05) is 0 Å². The van der Waals surface area contributed by atoms with Gasteiger partial charge in [-0.05, 0) is 14.0 Å². The van der Waals surface area contributed by atoms with E-state index >= 15 is 0 Å². The Labute approximate surface area is 70.1 Å². The summed E-state index contributed by atoms with van der Waals surface area (Å²) in [6, 6.07) is 0. The van der Waals surface area contributed by atoms with E-state index in [9.17, 15) is 13.2 Å². The third kappa shape index (κ3) is 7.81. The fraction of sp³-hybridized carbons (Fsp3) is 1.00. The highest BCUT2D eigenvalue weighted by Gasteiger charge is 2.26. The highest BCUT2D eigenvalue weighted by molar-refractivity contribution is 4.54. The van der Waals surface area contributed by atoms with Crippen LogP contribution in [-0.2, 0) is 4.74 Å². The molecular formula is C7H14F3NO. The molecule has 12 heavy (non-hydrogen) atoms. The van der Waals surface area contributed by atoms with Crippen LogP contribution in [0.3, 0.4) is 0 Å². The monoisotopic (exact) mass is 185 g/mol. The van der Waals surface area contributed by atoms with Crippen LogP contribution < -0.4 is 5.32 Å². The van der Waals surface area contributed by atoms with Crippen LogP contribution in [0.5, 0.6) is 0 Å². The van der Waals surface area contributed by atoms with Gasteiger partial charge in [0.25, 0.3) is 0 Å². The van der Waals surface area contributed by atoms with E-state index in [1.54, 1.807) is 14.0 Å². The second-order valence-electron chi connectivity index (χ2n) is 2.60. The van der Waals surface area contributed by atoms with Crippen LogP contribution in [-0.4, -0.2) is 32.5 Å². The lowest BCUT2D eigenvalue weighted by Crippen LogP contribution is -2.25. The predicted octanol–water partition coefficient (Wildman–Crippen LogP) is 1.56. The summed E-state index contributed by atoms with van der Waals surface area (Å²) in [4.78, 5) is 0. The summed E-state index contributed by atoms with van der Waals surface area (Å²) in [5, 5.41) is 2.81. The molecule has 1 N–H and O–H groups in total. The Balaban J connectivity index is 3.31. The molecule has 0 aromatic rings. The van der Waals surface area contributed by atoms with E-state index in [0.717, 1.165) is 0 Å². The van der Waals surface area contributed by atoms with Crippen molar-refractivity contribution in [3.05, 3.63) is 0 Å². The van der Waals surface area contributed by atoms with Crippen molar-refractivity contribution in [2.45, 2.75) is 25.6 Å². The van der Waals surface area contributed by atoms with Gasteiger partial charge in [-0.25, -0.2) is 0 Å². The topological polar surface area (TPSA) is 21.3 Å². The maximum atomic E-state index is 11.6. The van der Waals surface area contributed by atoms with Crippen molar-refractivity contribution < 1.29 is 17.9 Å². The quantitative estimate of drug-likeness (QED) is 0.701. The molecule has 1 unspecified atom stereocenters. The lowest BCUT2D eigenvalue weighted by atomic mass is 10.4. The number of rotatable bonds is 5. The second kappa shape index (κ2) is 5.37. The molecule has 0 saturated carbocycles. The highest BCUT2D eigenvalue weighted by Crippen LogP contribution is 2.19. The molecular weight excluding hydrogens is 171 g/mol. The Hall–Kier alpha value is -0.290. The van der Waals surface area contributed by atoms with E-state index in [-0.39, 0.29) is 12.7 Å². The van der Waals surface area contributed by atoms with Gasteiger partial charge in [-0.15, -0.1) is 0 Å². The predicted molar refractivity (Wildman–Crippen MR) is 40.0 cm³/mol. The minimum atomic E-state index is -4.11. The number of likely N-dealkylation sites (N-methyl/N-ethyl adjacent to an activating group) is 1. The maximum Gasteiger partial charge on any atom is 0.391 e. The fourth-order valence-electron chi connectivity index (χ4n) is 0.722. The Bertz CT molecular complexity index is 116. The van der Waals surface area contributed by atoms with Crippen LogP contribution in [0.4, 0.5) is 13.2 Å². The molecule has 0 amide bonds. The van der Waals surface area contributed by atoms with E-state index in [4.69, 9.17) is 4.74 Å². The molecule has 1 atom stereocenters. The SMILES string of the molecule is CNCC(C)OCCC(F)(F)F. The van der Waals surface area contributed by atoms with Crippen molar-refractivity contribution >= 4 is 0 Å². The third-order valence-corrected chi connectivity index (χ3v) is 1.28. The zero-order valence-corrected chi connectivity index (χ0v) is 7.24. The smallest absolute Gasteiger partial charge is 0.377 e. The van der Waals surface area contributed by atoms with Crippen molar-refractivity contribution in [3.63, 3.8) is 0 Å². The van der Waals surface area contributed by atoms with Crippen molar-refractivity contribution in [3.8, 4) is 0 Å². The molecule has 0 heterocycles. The summed E-state index contributed by atoms with van der Waals surface area (Å²) >= 11 is 0. The number of halogens is 3. The van der Waals surface area contributed by atoms with Crippen molar-refractivity contribution in [1.82, 2.24) is 5.32 Å².